The van der Waals surface area contributed by atoms with Crippen LogP contribution in [0.4, 0.5) is 22.9 Å². The molecular formula is C13H14N4O. The molecule has 4 N–H and O–H groups in total. The number of anilines is 4. The number of nitrogens with two attached hydrogens (primary N) is 1. The van der Waals surface area contributed by atoms with Gasteiger partial charge < -0.3 is 16.4 Å². The van der Waals surface area contributed by atoms with Crippen LogP contribution in [0.5, 0.6) is 0 Å². The molecule has 5 heteroatoms. The summed E-state index contributed by atoms with van der Waals surface area (Å²) in [6.45, 7) is 1.48. The molecular weight excluding hydrogens is 228 g/mol. The summed E-state index contributed by atoms with van der Waals surface area (Å²) in [4.78, 5) is 15.0. The Bertz CT molecular complexity index is 551. The van der Waals surface area contributed by atoms with Crippen LogP contribution in [0.25, 0.3) is 0 Å². The second-order valence-electron chi connectivity index (χ2n) is 3.86. The minimum atomic E-state index is -0.0960. The predicted octanol–water partition coefficient (Wildman–Crippen LogP) is 2.37. The number of carbonyl (C=O) groups excluding carboxylic acids is 1. The van der Waals surface area contributed by atoms with Crippen LogP contribution in [-0.4, -0.2) is 10.9 Å². The van der Waals surface area contributed by atoms with Crippen LogP contribution in [0.2, 0.25) is 0 Å². The summed E-state index contributed by atoms with van der Waals surface area (Å²) in [5.41, 5.74) is 7.96. The second-order valence-corrected chi connectivity index (χ2v) is 3.86. The molecule has 0 spiro atoms. The number of aromatic nitrogens is 1. The van der Waals surface area contributed by atoms with Gasteiger partial charge in [0.05, 0.1) is 11.9 Å². The van der Waals surface area contributed by atoms with Crippen LogP contribution < -0.4 is 16.4 Å². The molecule has 0 saturated carbocycles. The van der Waals surface area contributed by atoms with Gasteiger partial charge in [-0.05, 0) is 30.3 Å². The predicted molar refractivity (Wildman–Crippen MR) is 72.7 cm³/mol. The number of benzene rings is 1. The number of nitrogens with one attached hydrogen (secondary N) is 2. The second kappa shape index (κ2) is 5.18. The van der Waals surface area contributed by atoms with E-state index in [1.54, 1.807) is 12.3 Å². The normalized spacial score (nSPS) is 9.83. The van der Waals surface area contributed by atoms with E-state index in [-0.39, 0.29) is 5.91 Å². The molecule has 0 aliphatic heterocycles. The van der Waals surface area contributed by atoms with E-state index >= 15 is 0 Å². The minimum Gasteiger partial charge on any atom is -0.384 e. The zero-order valence-corrected chi connectivity index (χ0v) is 9.97. The number of rotatable bonds is 3. The third-order valence-corrected chi connectivity index (χ3v) is 2.26. The van der Waals surface area contributed by atoms with Crippen LogP contribution in [0.3, 0.4) is 0 Å². The monoisotopic (exact) mass is 242 g/mol. The summed E-state index contributed by atoms with van der Waals surface area (Å²) in [6.07, 6.45) is 1.65. The fraction of sp³-hybridized carbons (Fsp3) is 0.0769. The lowest BCUT2D eigenvalue weighted by Crippen LogP contribution is -2.05. The maximum atomic E-state index is 11.0. The molecule has 0 unspecified atom stereocenters. The van der Waals surface area contributed by atoms with Gasteiger partial charge in [0.15, 0.2) is 0 Å². The minimum absolute atomic E-state index is 0.0960. The Kier molecular flexibility index (Phi) is 3.43. The largest absolute Gasteiger partial charge is 0.384 e. The Morgan fingerprint density at radius 1 is 1.17 bits per heavy atom. The SMILES string of the molecule is CC(=O)Nc1cccc(Nc2ccc(N)nc2)c1. The standard InChI is InChI=1S/C13H14N4O/c1-9(18)16-10-3-2-4-11(7-10)17-12-5-6-13(14)15-8-12/h2-8,17H,1H3,(H2,14,15)(H,16,18). The molecule has 0 bridgehead atoms. The topological polar surface area (TPSA) is 80.0 Å². The van der Waals surface area contributed by atoms with Crippen molar-refractivity contribution in [3.63, 3.8) is 0 Å². The van der Waals surface area contributed by atoms with Crippen molar-refractivity contribution in [3.05, 3.63) is 42.6 Å². The highest BCUT2D eigenvalue weighted by Gasteiger charge is 1.99. The van der Waals surface area contributed by atoms with E-state index in [9.17, 15) is 4.79 Å². The highest BCUT2D eigenvalue weighted by Crippen LogP contribution is 2.19. The van der Waals surface area contributed by atoms with E-state index in [2.05, 4.69) is 15.6 Å². The number of carbonyl (C=O) groups is 1. The molecule has 1 aromatic carbocycles. The fourth-order valence-corrected chi connectivity index (χ4v) is 1.52. The van der Waals surface area contributed by atoms with Gasteiger partial charge in [0.1, 0.15) is 5.82 Å². The first-order chi connectivity index (χ1) is 8.63. The summed E-state index contributed by atoms with van der Waals surface area (Å²) in [5.74, 6) is 0.383. The molecule has 1 heterocycles. The van der Waals surface area contributed by atoms with Gasteiger partial charge in [-0.3, -0.25) is 4.79 Å². The van der Waals surface area contributed by atoms with Crippen LogP contribution in [0.1, 0.15) is 6.92 Å². The van der Waals surface area contributed by atoms with Crippen molar-refractivity contribution < 1.29 is 4.79 Å². The molecule has 2 aromatic rings. The zero-order valence-electron chi connectivity index (χ0n) is 9.97. The highest BCUT2D eigenvalue weighted by molar-refractivity contribution is 5.89. The van der Waals surface area contributed by atoms with E-state index in [0.29, 0.717) is 5.82 Å². The van der Waals surface area contributed by atoms with E-state index in [0.717, 1.165) is 17.1 Å². The zero-order chi connectivity index (χ0) is 13.0. The molecule has 5 nitrogen and oxygen atoms in total. The number of hydrogen-bond acceptors (Lipinski definition) is 4. The first kappa shape index (κ1) is 11.9. The third kappa shape index (κ3) is 3.21. The molecule has 1 aromatic heterocycles. The van der Waals surface area contributed by atoms with Gasteiger partial charge in [-0.15, -0.1) is 0 Å². The number of nitrogens with zero attached hydrogens (tertiary/aromatic N) is 1. The van der Waals surface area contributed by atoms with Crippen molar-refractivity contribution in [1.29, 1.82) is 0 Å². The molecule has 0 saturated heterocycles. The summed E-state index contributed by atoms with van der Waals surface area (Å²) in [5, 5.41) is 5.90. The van der Waals surface area contributed by atoms with Gasteiger partial charge in [0.25, 0.3) is 0 Å². The first-order valence-electron chi connectivity index (χ1n) is 5.50. The van der Waals surface area contributed by atoms with Crippen LogP contribution in [0, 0.1) is 0 Å². The van der Waals surface area contributed by atoms with Crippen LogP contribution >= 0.6 is 0 Å². The maximum absolute atomic E-state index is 11.0. The smallest absolute Gasteiger partial charge is 0.221 e. The van der Waals surface area contributed by atoms with E-state index in [1.165, 1.54) is 6.92 Å². The van der Waals surface area contributed by atoms with Gasteiger partial charge in [0, 0.05) is 18.3 Å². The van der Waals surface area contributed by atoms with Crippen molar-refractivity contribution in [2.45, 2.75) is 6.92 Å². The summed E-state index contributed by atoms with van der Waals surface area (Å²) >= 11 is 0. The number of pyridine rings is 1. The number of amides is 1. The molecule has 18 heavy (non-hydrogen) atoms. The van der Waals surface area contributed by atoms with Crippen molar-refractivity contribution in [1.82, 2.24) is 4.98 Å². The molecule has 0 atom stereocenters. The number of nitrogen functional groups attached to an aromatic ring is 1. The molecule has 1 amide bonds. The maximum Gasteiger partial charge on any atom is 0.221 e. The molecule has 92 valence electrons. The Balaban J connectivity index is 2.13. The summed E-state index contributed by atoms with van der Waals surface area (Å²) in [6, 6.07) is 11.0. The lowest BCUT2D eigenvalue weighted by Gasteiger charge is -2.08. The molecule has 2 rings (SSSR count). The Labute approximate surface area is 105 Å². The molecule has 0 aliphatic rings. The lowest BCUT2D eigenvalue weighted by molar-refractivity contribution is -0.114. The van der Waals surface area contributed by atoms with Gasteiger partial charge in [0.2, 0.25) is 5.91 Å². The molecule has 0 aliphatic carbocycles. The van der Waals surface area contributed by atoms with E-state index in [4.69, 9.17) is 5.73 Å². The first-order valence-corrected chi connectivity index (χ1v) is 5.50. The Hall–Kier alpha value is -2.56. The Morgan fingerprint density at radius 2 is 1.94 bits per heavy atom. The van der Waals surface area contributed by atoms with E-state index < -0.39 is 0 Å². The third-order valence-electron chi connectivity index (χ3n) is 2.26. The number of hydrogen-bond donors (Lipinski definition) is 3. The summed E-state index contributed by atoms with van der Waals surface area (Å²) < 4.78 is 0. The van der Waals surface area contributed by atoms with Crippen LogP contribution in [-0.2, 0) is 4.79 Å². The average Bonchev–Trinajstić information content (AvgIpc) is 2.32. The summed E-state index contributed by atoms with van der Waals surface area (Å²) in [7, 11) is 0. The highest BCUT2D eigenvalue weighted by atomic mass is 16.1. The fourth-order valence-electron chi connectivity index (χ4n) is 1.52. The van der Waals surface area contributed by atoms with Crippen molar-refractivity contribution in [2.75, 3.05) is 16.4 Å². The lowest BCUT2D eigenvalue weighted by atomic mass is 10.2. The van der Waals surface area contributed by atoms with Gasteiger partial charge in [-0.25, -0.2) is 4.98 Å². The molecule has 0 radical (unpaired) electrons. The van der Waals surface area contributed by atoms with Crippen molar-refractivity contribution in [3.8, 4) is 0 Å². The van der Waals surface area contributed by atoms with Gasteiger partial charge >= 0.3 is 0 Å². The van der Waals surface area contributed by atoms with Crippen molar-refractivity contribution >= 4 is 28.8 Å². The van der Waals surface area contributed by atoms with Crippen LogP contribution in [0.15, 0.2) is 42.6 Å². The molecule has 0 fully saturated rings. The van der Waals surface area contributed by atoms with Crippen molar-refractivity contribution in [2.24, 2.45) is 0 Å². The van der Waals surface area contributed by atoms with E-state index in [1.807, 2.05) is 30.3 Å². The van der Waals surface area contributed by atoms with Gasteiger partial charge in [-0.1, -0.05) is 6.07 Å². The quantitative estimate of drug-likeness (QED) is 0.772. The average molecular weight is 242 g/mol. The van der Waals surface area contributed by atoms with Gasteiger partial charge in [-0.2, -0.15) is 0 Å². The Morgan fingerprint density at radius 3 is 2.61 bits per heavy atom.